The molecule has 21 heavy (non-hydrogen) atoms. The Morgan fingerprint density at radius 3 is 2.52 bits per heavy atom. The van der Waals surface area contributed by atoms with Gasteiger partial charge in [-0.15, -0.1) is 0 Å². The lowest BCUT2D eigenvalue weighted by Gasteiger charge is -2.11. The number of benzene rings is 1. The number of cyclic esters (lactones) is 1. The molecular weight excluding hydrogens is 383 g/mol. The zero-order chi connectivity index (χ0) is 15.1. The second-order valence-corrected chi connectivity index (χ2v) is 5.98. The number of halogens is 1. The molecule has 0 spiro atoms. The van der Waals surface area contributed by atoms with E-state index in [1.807, 2.05) is 71.5 Å². The normalized spacial score (nSPS) is 18.2. The quantitative estimate of drug-likeness (QED) is 0.625. The smallest absolute Gasteiger partial charge is 0.375 e. The Morgan fingerprint density at radius 2 is 1.95 bits per heavy atom. The zero-order valence-corrected chi connectivity index (χ0v) is 13.7. The summed E-state index contributed by atoms with van der Waals surface area (Å²) in [6.07, 6.45) is -0.574. The molecule has 2 aromatic rings. The maximum absolute atomic E-state index is 11.5. The third kappa shape index (κ3) is 2.23. The Morgan fingerprint density at radius 1 is 1.29 bits per heavy atom. The van der Waals surface area contributed by atoms with Gasteiger partial charge in [0, 0.05) is 11.3 Å². The number of aliphatic hydroxyl groups excluding tert-OH is 1. The summed E-state index contributed by atoms with van der Waals surface area (Å²) in [4.78, 5) is 11.5. The lowest BCUT2D eigenvalue weighted by Crippen LogP contribution is -2.05. The van der Waals surface area contributed by atoms with Gasteiger partial charge >= 0.3 is 5.97 Å². The van der Waals surface area contributed by atoms with Crippen molar-refractivity contribution in [2.45, 2.75) is 20.0 Å². The summed E-state index contributed by atoms with van der Waals surface area (Å²) >= 11 is 1.94. The number of nitrogens with zero attached hydrogens (tertiary/aromatic N) is 2. The van der Waals surface area contributed by atoms with Crippen LogP contribution in [0, 0.1) is 13.8 Å². The Labute approximate surface area is 135 Å². The molecule has 6 heteroatoms. The molecule has 1 atom stereocenters. The lowest BCUT2D eigenvalue weighted by molar-refractivity contribution is -0.142. The molecule has 0 radical (unpaired) electrons. The highest BCUT2D eigenvalue weighted by Gasteiger charge is 2.37. The summed E-state index contributed by atoms with van der Waals surface area (Å²) in [5.41, 5.74) is 3.43. The molecule has 0 aliphatic carbocycles. The van der Waals surface area contributed by atoms with Crippen LogP contribution < -0.4 is 0 Å². The van der Waals surface area contributed by atoms with E-state index in [1.54, 1.807) is 0 Å². The fraction of sp³-hybridized carbons (Fsp3) is 0.200. The summed E-state index contributed by atoms with van der Waals surface area (Å²) in [6, 6.07) is 9.75. The number of esters is 1. The summed E-state index contributed by atoms with van der Waals surface area (Å²) in [5.74, 6) is -0.998. The standard InChI is InChI=1S/C15H13IN2O3/c1-8-11(14-12(16)13(19)15(20)21-14)9(2)18(17-8)10-6-4-3-5-7-10/h3-7,14,19H,1-2H3. The molecule has 5 nitrogen and oxygen atoms in total. The van der Waals surface area contributed by atoms with Crippen molar-refractivity contribution in [3.8, 4) is 5.69 Å². The first kappa shape index (κ1) is 14.1. The van der Waals surface area contributed by atoms with E-state index in [2.05, 4.69) is 5.10 Å². The van der Waals surface area contributed by atoms with Crippen molar-refractivity contribution in [1.82, 2.24) is 9.78 Å². The van der Waals surface area contributed by atoms with Crippen molar-refractivity contribution in [1.29, 1.82) is 0 Å². The summed E-state index contributed by atoms with van der Waals surface area (Å²) < 4.78 is 7.57. The Balaban J connectivity index is 2.11. The number of aryl methyl sites for hydroxylation is 1. The van der Waals surface area contributed by atoms with Gasteiger partial charge in [0.1, 0.15) is 0 Å². The SMILES string of the molecule is Cc1nn(-c2ccccc2)c(C)c1C1OC(=O)C(O)=C1I. The van der Waals surface area contributed by atoms with Crippen molar-refractivity contribution in [2.75, 3.05) is 0 Å². The molecule has 3 rings (SSSR count). The van der Waals surface area contributed by atoms with Gasteiger partial charge in [-0.05, 0) is 48.6 Å². The third-order valence-electron chi connectivity index (χ3n) is 3.48. The molecule has 108 valence electrons. The molecule has 0 saturated carbocycles. The molecule has 0 fully saturated rings. The van der Waals surface area contributed by atoms with E-state index in [0.717, 1.165) is 22.6 Å². The van der Waals surface area contributed by atoms with Crippen LogP contribution in [-0.2, 0) is 9.53 Å². The number of para-hydroxylation sites is 1. The van der Waals surface area contributed by atoms with Crippen LogP contribution in [0.3, 0.4) is 0 Å². The second-order valence-electron chi connectivity index (χ2n) is 4.81. The van der Waals surface area contributed by atoms with E-state index in [1.165, 1.54) is 0 Å². The number of ether oxygens (including phenoxy) is 1. The number of hydrogen-bond donors (Lipinski definition) is 1. The Hall–Kier alpha value is -1.83. The van der Waals surface area contributed by atoms with Gasteiger partial charge < -0.3 is 9.84 Å². The summed E-state index contributed by atoms with van der Waals surface area (Å²) in [5, 5.41) is 14.2. The molecule has 0 saturated heterocycles. The molecule has 1 aliphatic rings. The first-order valence-corrected chi connectivity index (χ1v) is 7.49. The average Bonchev–Trinajstić information content (AvgIpc) is 2.91. The van der Waals surface area contributed by atoms with Crippen LogP contribution in [0.1, 0.15) is 23.1 Å². The lowest BCUT2D eigenvalue weighted by atomic mass is 10.1. The number of rotatable bonds is 2. The number of carbonyl (C=O) groups excluding carboxylic acids is 1. The predicted octanol–water partition coefficient (Wildman–Crippen LogP) is 3.29. The van der Waals surface area contributed by atoms with Gasteiger partial charge in [0.15, 0.2) is 6.10 Å². The molecule has 0 amide bonds. The number of aliphatic hydroxyl groups is 1. The Bertz CT molecular complexity index is 750. The molecule has 1 N–H and O–H groups in total. The minimum atomic E-state index is -0.685. The van der Waals surface area contributed by atoms with E-state index in [0.29, 0.717) is 3.58 Å². The topological polar surface area (TPSA) is 64.4 Å². The fourth-order valence-electron chi connectivity index (χ4n) is 2.48. The van der Waals surface area contributed by atoms with Crippen molar-refractivity contribution in [3.05, 3.63) is 56.6 Å². The molecule has 1 aromatic heterocycles. The van der Waals surface area contributed by atoms with Gasteiger partial charge in [0.25, 0.3) is 0 Å². The van der Waals surface area contributed by atoms with Crippen LogP contribution in [-0.4, -0.2) is 20.9 Å². The predicted molar refractivity (Wildman–Crippen MR) is 85.5 cm³/mol. The van der Waals surface area contributed by atoms with Gasteiger partial charge in [-0.25, -0.2) is 9.48 Å². The molecule has 1 unspecified atom stereocenters. The average molecular weight is 396 g/mol. The van der Waals surface area contributed by atoms with Crippen LogP contribution >= 0.6 is 22.6 Å². The monoisotopic (exact) mass is 396 g/mol. The summed E-state index contributed by atoms with van der Waals surface area (Å²) in [7, 11) is 0. The van der Waals surface area contributed by atoms with Gasteiger partial charge in [-0.2, -0.15) is 5.10 Å². The number of aromatic nitrogens is 2. The number of carbonyl (C=O) groups is 1. The summed E-state index contributed by atoms with van der Waals surface area (Å²) in [6.45, 7) is 3.80. The van der Waals surface area contributed by atoms with Crippen LogP contribution in [0.15, 0.2) is 39.7 Å². The minimum Gasteiger partial charge on any atom is -0.501 e. The molecular formula is C15H13IN2O3. The molecule has 0 bridgehead atoms. The number of hydrogen-bond acceptors (Lipinski definition) is 4. The highest BCUT2D eigenvalue weighted by atomic mass is 127. The zero-order valence-electron chi connectivity index (χ0n) is 11.5. The minimum absolute atomic E-state index is 0.313. The largest absolute Gasteiger partial charge is 0.501 e. The maximum atomic E-state index is 11.5. The maximum Gasteiger partial charge on any atom is 0.375 e. The van der Waals surface area contributed by atoms with Gasteiger partial charge in [-0.1, -0.05) is 18.2 Å². The third-order valence-corrected chi connectivity index (χ3v) is 4.56. The molecule has 1 aromatic carbocycles. The Kier molecular flexibility index (Phi) is 3.48. The van der Waals surface area contributed by atoms with E-state index in [-0.39, 0.29) is 5.76 Å². The van der Waals surface area contributed by atoms with Gasteiger partial charge in [-0.3, -0.25) is 0 Å². The van der Waals surface area contributed by atoms with Crippen molar-refractivity contribution in [3.63, 3.8) is 0 Å². The van der Waals surface area contributed by atoms with Crippen molar-refractivity contribution in [2.24, 2.45) is 0 Å². The first-order valence-electron chi connectivity index (χ1n) is 6.42. The van der Waals surface area contributed by atoms with E-state index < -0.39 is 12.1 Å². The molecule has 1 aliphatic heterocycles. The second kappa shape index (κ2) is 5.18. The van der Waals surface area contributed by atoms with Crippen LogP contribution in [0.4, 0.5) is 0 Å². The van der Waals surface area contributed by atoms with Crippen LogP contribution in [0.2, 0.25) is 0 Å². The van der Waals surface area contributed by atoms with Gasteiger partial charge in [0.2, 0.25) is 5.76 Å². The van der Waals surface area contributed by atoms with E-state index in [9.17, 15) is 9.90 Å². The van der Waals surface area contributed by atoms with Crippen molar-refractivity contribution < 1.29 is 14.6 Å². The van der Waals surface area contributed by atoms with Crippen LogP contribution in [0.5, 0.6) is 0 Å². The fourth-order valence-corrected chi connectivity index (χ4v) is 3.14. The highest BCUT2D eigenvalue weighted by Crippen LogP contribution is 2.41. The van der Waals surface area contributed by atoms with Gasteiger partial charge in [0.05, 0.1) is 15.0 Å². The molecule has 2 heterocycles. The van der Waals surface area contributed by atoms with Crippen LogP contribution in [0.25, 0.3) is 5.69 Å². The highest BCUT2D eigenvalue weighted by molar-refractivity contribution is 14.1. The van der Waals surface area contributed by atoms with Crippen molar-refractivity contribution >= 4 is 28.6 Å². The van der Waals surface area contributed by atoms with E-state index in [4.69, 9.17) is 4.74 Å². The van der Waals surface area contributed by atoms with E-state index >= 15 is 0 Å². The first-order chi connectivity index (χ1) is 10.0.